The third kappa shape index (κ3) is 4.85. The molecule has 0 aliphatic heterocycles. The van der Waals surface area contributed by atoms with Crippen LogP contribution in [0.2, 0.25) is 0 Å². The third-order valence-electron chi connectivity index (χ3n) is 6.38. The van der Waals surface area contributed by atoms with E-state index in [1.807, 2.05) is 24.3 Å². The van der Waals surface area contributed by atoms with E-state index in [2.05, 4.69) is 20.2 Å². The lowest BCUT2D eigenvalue weighted by Gasteiger charge is -2.33. The second kappa shape index (κ2) is 9.79. The summed E-state index contributed by atoms with van der Waals surface area (Å²) in [5.74, 6) is -1.52. The quantitative estimate of drug-likeness (QED) is 0.401. The average molecular weight is 478 g/mol. The number of oxazole rings is 2. The molecular formula is C26H24F2N4O3. The molecule has 1 amide bonds. The average Bonchev–Trinajstić information content (AvgIpc) is 3.59. The third-order valence-corrected chi connectivity index (χ3v) is 6.38. The first-order chi connectivity index (χ1) is 17.0. The van der Waals surface area contributed by atoms with Crippen molar-refractivity contribution in [1.29, 1.82) is 0 Å². The summed E-state index contributed by atoms with van der Waals surface area (Å²) in [4.78, 5) is 23.9. The summed E-state index contributed by atoms with van der Waals surface area (Å²) in [5.41, 5.74) is 2.32. The van der Waals surface area contributed by atoms with Gasteiger partial charge >= 0.3 is 0 Å². The molecule has 3 atom stereocenters. The highest BCUT2D eigenvalue weighted by atomic mass is 19.1. The van der Waals surface area contributed by atoms with E-state index in [4.69, 9.17) is 8.83 Å². The summed E-state index contributed by atoms with van der Waals surface area (Å²) < 4.78 is 38.7. The molecule has 0 saturated carbocycles. The predicted octanol–water partition coefficient (Wildman–Crippen LogP) is 4.53. The number of halogens is 2. The van der Waals surface area contributed by atoms with Gasteiger partial charge in [0.05, 0.1) is 43.5 Å². The van der Waals surface area contributed by atoms with Crippen LogP contribution in [0.4, 0.5) is 8.78 Å². The number of carbonyl (C=O) groups is 1. The van der Waals surface area contributed by atoms with Gasteiger partial charge in [-0.25, -0.2) is 18.7 Å². The Morgan fingerprint density at radius 2 is 1.77 bits per heavy atom. The highest BCUT2D eigenvalue weighted by Crippen LogP contribution is 2.38. The summed E-state index contributed by atoms with van der Waals surface area (Å²) >= 11 is 0. The minimum atomic E-state index is -0.799. The van der Waals surface area contributed by atoms with E-state index < -0.39 is 17.6 Å². The topological polar surface area (TPSA) is 84.4 Å². The van der Waals surface area contributed by atoms with E-state index >= 15 is 0 Å². The molecule has 1 aliphatic rings. The van der Waals surface area contributed by atoms with Gasteiger partial charge in [-0.3, -0.25) is 9.69 Å². The molecule has 1 aliphatic carbocycles. The smallest absolute Gasteiger partial charge is 0.227 e. The van der Waals surface area contributed by atoms with Gasteiger partial charge in [-0.1, -0.05) is 30.3 Å². The van der Waals surface area contributed by atoms with E-state index in [1.165, 1.54) is 18.6 Å². The Morgan fingerprint density at radius 1 is 1.09 bits per heavy atom. The molecule has 0 fully saturated rings. The maximum atomic E-state index is 14.4. The lowest BCUT2D eigenvalue weighted by Crippen LogP contribution is -2.45. The van der Waals surface area contributed by atoms with Crippen molar-refractivity contribution < 1.29 is 22.4 Å². The molecule has 2 heterocycles. The number of carbonyl (C=O) groups excluding carboxylic acids is 1. The van der Waals surface area contributed by atoms with Crippen molar-refractivity contribution in [2.24, 2.45) is 0 Å². The van der Waals surface area contributed by atoms with Crippen LogP contribution in [0.1, 0.15) is 47.4 Å². The molecule has 7 nitrogen and oxygen atoms in total. The van der Waals surface area contributed by atoms with Crippen LogP contribution in [-0.4, -0.2) is 26.8 Å². The van der Waals surface area contributed by atoms with Crippen molar-refractivity contribution in [1.82, 2.24) is 20.2 Å². The van der Waals surface area contributed by atoms with Crippen LogP contribution in [-0.2, 0) is 24.3 Å². The molecule has 35 heavy (non-hydrogen) atoms. The Bertz CT molecular complexity index is 1260. The number of rotatable bonds is 8. The fourth-order valence-electron chi connectivity index (χ4n) is 4.72. The van der Waals surface area contributed by atoms with Crippen LogP contribution in [0.3, 0.4) is 0 Å². The highest BCUT2D eigenvalue weighted by molar-refractivity contribution is 5.83. The van der Waals surface area contributed by atoms with E-state index in [1.54, 1.807) is 19.3 Å². The van der Waals surface area contributed by atoms with Gasteiger partial charge in [0.2, 0.25) is 17.7 Å². The van der Waals surface area contributed by atoms with Gasteiger partial charge in [0, 0.05) is 11.6 Å². The Balaban J connectivity index is 1.44. The second-order valence-corrected chi connectivity index (χ2v) is 8.61. The molecule has 0 radical (unpaired) electrons. The van der Waals surface area contributed by atoms with E-state index in [-0.39, 0.29) is 23.6 Å². The molecule has 0 saturated heterocycles. The zero-order valence-electron chi connectivity index (χ0n) is 19.0. The number of nitrogens with one attached hydrogen (secondary N) is 1. The largest absolute Gasteiger partial charge is 0.448 e. The minimum absolute atomic E-state index is 0.146. The molecule has 2 aromatic heterocycles. The number of aromatic nitrogens is 2. The molecule has 0 spiro atoms. The van der Waals surface area contributed by atoms with Crippen molar-refractivity contribution in [3.63, 3.8) is 0 Å². The number of hydrogen-bond donors (Lipinski definition) is 1. The maximum absolute atomic E-state index is 14.4. The maximum Gasteiger partial charge on any atom is 0.227 e. The van der Waals surface area contributed by atoms with Crippen LogP contribution in [0.15, 0.2) is 76.2 Å². The van der Waals surface area contributed by atoms with Crippen molar-refractivity contribution in [2.45, 2.75) is 44.4 Å². The zero-order valence-corrected chi connectivity index (χ0v) is 19.0. The Labute approximate surface area is 200 Å². The van der Waals surface area contributed by atoms with E-state index in [9.17, 15) is 13.6 Å². The van der Waals surface area contributed by atoms with Gasteiger partial charge in [0.1, 0.15) is 24.2 Å². The summed E-state index contributed by atoms with van der Waals surface area (Å²) in [7, 11) is 0. The molecule has 9 heteroatoms. The van der Waals surface area contributed by atoms with Gasteiger partial charge in [0.15, 0.2) is 0 Å². The van der Waals surface area contributed by atoms with Gasteiger partial charge in [0.25, 0.3) is 0 Å². The molecule has 180 valence electrons. The molecule has 0 unspecified atom stereocenters. The summed E-state index contributed by atoms with van der Waals surface area (Å²) in [6.45, 7) is 2.34. The van der Waals surface area contributed by atoms with Crippen LogP contribution < -0.4 is 5.32 Å². The van der Waals surface area contributed by atoms with Gasteiger partial charge in [-0.2, -0.15) is 0 Å². The standard InChI is InChI=1S/C26H24F2N4O3/c1-16(19-7-6-18(27)13-21(19)28)26(33)31-22-12-17-4-2-3-5-20(17)25(22)32(14-23-29-8-10-34-23)15-24-30-9-11-35-24/h2-11,13,16,22,25H,12,14-15H2,1H3,(H,31,33)/t16-,22-,25-/m0/s1. The van der Waals surface area contributed by atoms with Gasteiger partial charge in [-0.05, 0) is 30.5 Å². The van der Waals surface area contributed by atoms with Crippen molar-refractivity contribution in [3.8, 4) is 0 Å². The lowest BCUT2D eigenvalue weighted by atomic mass is 9.98. The van der Waals surface area contributed by atoms with Crippen LogP contribution in [0.5, 0.6) is 0 Å². The minimum Gasteiger partial charge on any atom is -0.448 e. The first-order valence-electron chi connectivity index (χ1n) is 11.3. The number of fused-ring (bicyclic) bond motifs is 1. The first-order valence-corrected chi connectivity index (χ1v) is 11.3. The Morgan fingerprint density at radius 3 is 2.40 bits per heavy atom. The van der Waals surface area contributed by atoms with Crippen molar-refractivity contribution in [2.75, 3.05) is 0 Å². The Hall–Kier alpha value is -3.85. The van der Waals surface area contributed by atoms with Crippen LogP contribution in [0.25, 0.3) is 0 Å². The zero-order chi connectivity index (χ0) is 24.4. The fourth-order valence-corrected chi connectivity index (χ4v) is 4.72. The number of nitrogens with zero attached hydrogens (tertiary/aromatic N) is 3. The highest BCUT2D eigenvalue weighted by Gasteiger charge is 2.39. The Kier molecular flexibility index (Phi) is 6.41. The fraction of sp³-hybridized carbons (Fsp3) is 0.269. The van der Waals surface area contributed by atoms with Gasteiger partial charge in [-0.15, -0.1) is 0 Å². The monoisotopic (exact) mass is 478 g/mol. The molecule has 2 aromatic carbocycles. The molecule has 0 bridgehead atoms. The predicted molar refractivity (Wildman–Crippen MR) is 122 cm³/mol. The van der Waals surface area contributed by atoms with E-state index in [0.29, 0.717) is 31.3 Å². The molecular weight excluding hydrogens is 454 g/mol. The SMILES string of the molecule is C[C@H](C(=O)N[C@H]1Cc2ccccc2[C@@H]1N(Cc1ncco1)Cc1ncco1)c1ccc(F)cc1F. The normalized spacial score (nSPS) is 17.9. The number of hydrogen-bond acceptors (Lipinski definition) is 6. The van der Waals surface area contributed by atoms with E-state index in [0.717, 1.165) is 23.3 Å². The van der Waals surface area contributed by atoms with Crippen molar-refractivity contribution >= 4 is 5.91 Å². The molecule has 1 N–H and O–H groups in total. The van der Waals surface area contributed by atoms with Crippen LogP contribution in [0, 0.1) is 11.6 Å². The second-order valence-electron chi connectivity index (χ2n) is 8.61. The molecule has 5 rings (SSSR count). The summed E-state index contributed by atoms with van der Waals surface area (Å²) in [6, 6.07) is 10.7. The van der Waals surface area contributed by atoms with Crippen LogP contribution >= 0.6 is 0 Å². The first kappa shape index (κ1) is 22.9. The number of benzene rings is 2. The van der Waals surface area contributed by atoms with Gasteiger partial charge < -0.3 is 14.2 Å². The molecule has 4 aromatic rings. The lowest BCUT2D eigenvalue weighted by molar-refractivity contribution is -0.123. The summed E-state index contributed by atoms with van der Waals surface area (Å²) in [5, 5.41) is 3.11. The summed E-state index contributed by atoms with van der Waals surface area (Å²) in [6.07, 6.45) is 6.79. The number of amides is 1. The van der Waals surface area contributed by atoms with Crippen molar-refractivity contribution in [3.05, 3.63) is 107 Å².